The van der Waals surface area contributed by atoms with E-state index in [0.717, 1.165) is 6.42 Å². The zero-order valence-corrected chi connectivity index (χ0v) is 14.8. The van der Waals surface area contributed by atoms with Crippen LogP contribution < -0.4 is 0 Å². The minimum atomic E-state index is -0.129. The number of carbonyl (C=O) groups excluding carboxylic acids is 1. The Bertz CT molecular complexity index is 743. The summed E-state index contributed by atoms with van der Waals surface area (Å²) in [5, 5.41) is 13.9. The monoisotopic (exact) mass is 344 g/mol. The number of hydrogen-bond donors (Lipinski definition) is 1. The van der Waals surface area contributed by atoms with Gasteiger partial charge in [0.05, 0.1) is 12.1 Å². The van der Waals surface area contributed by atoms with Crippen LogP contribution in [-0.2, 0) is 6.54 Å². The lowest BCUT2D eigenvalue weighted by Gasteiger charge is -2.23. The Morgan fingerprint density at radius 1 is 1.44 bits per heavy atom. The quantitative estimate of drug-likeness (QED) is 0.896. The van der Waals surface area contributed by atoms with Gasteiger partial charge < -0.3 is 14.5 Å². The second-order valence-electron chi connectivity index (χ2n) is 6.83. The van der Waals surface area contributed by atoms with Crippen LogP contribution in [0.5, 0.6) is 5.75 Å². The number of carbonyl (C=O) groups is 1. The number of amides is 1. The molecule has 1 aromatic carbocycles. The molecule has 2 aromatic rings. The Balaban J connectivity index is 1.60. The minimum Gasteiger partial charge on any atom is -0.507 e. The van der Waals surface area contributed by atoms with Gasteiger partial charge >= 0.3 is 0 Å². The van der Waals surface area contributed by atoms with Crippen LogP contribution in [0.4, 0.5) is 0 Å². The van der Waals surface area contributed by atoms with Crippen LogP contribution in [0, 0.1) is 0 Å². The lowest BCUT2D eigenvalue weighted by molar-refractivity contribution is 0.0776. The number of phenols is 1. The highest BCUT2D eigenvalue weighted by atomic mass is 16.5. The Morgan fingerprint density at radius 2 is 2.20 bits per heavy atom. The molecule has 1 aromatic heterocycles. The molecule has 1 aliphatic rings. The number of phenolic OH excluding ortho intramolecular Hbond substituents is 1. The molecule has 0 radical (unpaired) electrons. The molecule has 7 heteroatoms. The van der Waals surface area contributed by atoms with E-state index >= 15 is 0 Å². The molecule has 25 heavy (non-hydrogen) atoms. The number of likely N-dealkylation sites (N-methyl/N-ethyl adjacent to an activating group) is 1. The average Bonchev–Trinajstić information content (AvgIpc) is 3.24. The minimum absolute atomic E-state index is 0.0253. The number of aromatic hydroxyl groups is 1. The van der Waals surface area contributed by atoms with Gasteiger partial charge in [-0.25, -0.2) is 0 Å². The second-order valence-corrected chi connectivity index (χ2v) is 6.83. The van der Waals surface area contributed by atoms with E-state index < -0.39 is 0 Å². The van der Waals surface area contributed by atoms with E-state index in [1.165, 1.54) is 6.07 Å². The van der Waals surface area contributed by atoms with Gasteiger partial charge in [-0.1, -0.05) is 31.1 Å². The summed E-state index contributed by atoms with van der Waals surface area (Å²) >= 11 is 0. The molecule has 1 fully saturated rings. The van der Waals surface area contributed by atoms with Gasteiger partial charge in [-0.15, -0.1) is 0 Å². The SMILES string of the molecule is CC(C)c1nc(CN(C)[C@@H]2CCN(C(=O)c3ccccc3O)C2)no1. The van der Waals surface area contributed by atoms with E-state index in [2.05, 4.69) is 15.0 Å². The maximum atomic E-state index is 12.6. The Labute approximate surface area is 147 Å². The molecule has 1 saturated heterocycles. The molecule has 0 spiro atoms. The third kappa shape index (κ3) is 3.82. The number of rotatable bonds is 5. The van der Waals surface area contributed by atoms with E-state index in [-0.39, 0.29) is 23.6 Å². The lowest BCUT2D eigenvalue weighted by atomic mass is 10.2. The second kappa shape index (κ2) is 7.23. The van der Waals surface area contributed by atoms with Crippen LogP contribution in [0.2, 0.25) is 0 Å². The van der Waals surface area contributed by atoms with Crippen molar-refractivity contribution >= 4 is 5.91 Å². The first-order chi connectivity index (χ1) is 12.0. The van der Waals surface area contributed by atoms with Crippen molar-refractivity contribution in [2.24, 2.45) is 0 Å². The summed E-state index contributed by atoms with van der Waals surface area (Å²) < 4.78 is 5.24. The molecule has 7 nitrogen and oxygen atoms in total. The third-order valence-corrected chi connectivity index (χ3v) is 4.58. The molecule has 1 aliphatic heterocycles. The third-order valence-electron chi connectivity index (χ3n) is 4.58. The highest BCUT2D eigenvalue weighted by molar-refractivity contribution is 5.97. The van der Waals surface area contributed by atoms with Crippen LogP contribution in [0.25, 0.3) is 0 Å². The number of aromatic nitrogens is 2. The molecule has 0 aliphatic carbocycles. The number of para-hydroxylation sites is 1. The maximum absolute atomic E-state index is 12.6. The van der Waals surface area contributed by atoms with Crippen molar-refractivity contribution in [3.63, 3.8) is 0 Å². The van der Waals surface area contributed by atoms with Crippen LogP contribution >= 0.6 is 0 Å². The van der Waals surface area contributed by atoms with Crippen molar-refractivity contribution < 1.29 is 14.4 Å². The van der Waals surface area contributed by atoms with Crippen LogP contribution in [-0.4, -0.2) is 57.1 Å². The fourth-order valence-corrected chi connectivity index (χ4v) is 3.03. The molecular weight excluding hydrogens is 320 g/mol. The summed E-state index contributed by atoms with van der Waals surface area (Å²) in [6.07, 6.45) is 0.880. The smallest absolute Gasteiger partial charge is 0.257 e. The zero-order valence-electron chi connectivity index (χ0n) is 14.8. The van der Waals surface area contributed by atoms with Crippen molar-refractivity contribution in [2.75, 3.05) is 20.1 Å². The zero-order chi connectivity index (χ0) is 18.0. The number of hydrogen-bond acceptors (Lipinski definition) is 6. The summed E-state index contributed by atoms with van der Waals surface area (Å²) in [6.45, 7) is 5.91. The Kier molecular flexibility index (Phi) is 5.03. The van der Waals surface area contributed by atoms with E-state index in [0.29, 0.717) is 36.9 Å². The van der Waals surface area contributed by atoms with Crippen LogP contribution in [0.3, 0.4) is 0 Å². The normalized spacial score (nSPS) is 17.6. The summed E-state index contributed by atoms with van der Waals surface area (Å²) in [5.41, 5.74) is 0.352. The predicted octanol–water partition coefficient (Wildman–Crippen LogP) is 2.25. The summed E-state index contributed by atoms with van der Waals surface area (Å²) in [4.78, 5) is 20.9. The number of likely N-dealkylation sites (tertiary alicyclic amines) is 1. The fraction of sp³-hybridized carbons (Fsp3) is 0.500. The largest absolute Gasteiger partial charge is 0.507 e. The molecule has 1 amide bonds. The van der Waals surface area contributed by atoms with E-state index in [4.69, 9.17) is 4.52 Å². The average molecular weight is 344 g/mol. The van der Waals surface area contributed by atoms with E-state index in [1.54, 1.807) is 23.1 Å². The van der Waals surface area contributed by atoms with E-state index in [9.17, 15) is 9.90 Å². The lowest BCUT2D eigenvalue weighted by Crippen LogP contribution is -2.36. The summed E-state index contributed by atoms with van der Waals surface area (Å²) in [5.74, 6) is 1.42. The number of nitrogens with zero attached hydrogens (tertiary/aromatic N) is 4. The van der Waals surface area contributed by atoms with Gasteiger partial charge in [0.25, 0.3) is 5.91 Å². The Hall–Kier alpha value is -2.41. The maximum Gasteiger partial charge on any atom is 0.257 e. The molecule has 134 valence electrons. The first kappa shape index (κ1) is 17.4. The fourth-order valence-electron chi connectivity index (χ4n) is 3.03. The van der Waals surface area contributed by atoms with Crippen molar-refractivity contribution in [3.8, 4) is 5.75 Å². The van der Waals surface area contributed by atoms with Crippen LogP contribution in [0.15, 0.2) is 28.8 Å². The molecular formula is C18H24N4O3. The van der Waals surface area contributed by atoms with Crippen molar-refractivity contribution in [3.05, 3.63) is 41.5 Å². The van der Waals surface area contributed by atoms with Crippen molar-refractivity contribution in [2.45, 2.75) is 38.8 Å². The topological polar surface area (TPSA) is 82.7 Å². The van der Waals surface area contributed by atoms with Gasteiger partial charge in [-0.2, -0.15) is 4.98 Å². The standard InChI is InChI=1S/C18H24N4O3/c1-12(2)17-19-16(20-25-17)11-21(3)13-8-9-22(10-13)18(24)14-6-4-5-7-15(14)23/h4-7,12-13,23H,8-11H2,1-3H3/t13-/m1/s1. The molecule has 0 saturated carbocycles. The van der Waals surface area contributed by atoms with Crippen LogP contribution in [0.1, 0.15) is 48.3 Å². The molecule has 0 unspecified atom stereocenters. The van der Waals surface area contributed by atoms with Gasteiger partial charge in [0.1, 0.15) is 5.75 Å². The molecule has 0 bridgehead atoms. The highest BCUT2D eigenvalue weighted by Gasteiger charge is 2.30. The van der Waals surface area contributed by atoms with E-state index in [1.807, 2.05) is 20.9 Å². The highest BCUT2D eigenvalue weighted by Crippen LogP contribution is 2.23. The van der Waals surface area contributed by atoms with Crippen molar-refractivity contribution in [1.29, 1.82) is 0 Å². The first-order valence-corrected chi connectivity index (χ1v) is 8.55. The molecule has 2 heterocycles. The van der Waals surface area contributed by atoms with Crippen molar-refractivity contribution in [1.82, 2.24) is 19.9 Å². The molecule has 1 atom stereocenters. The predicted molar refractivity (Wildman–Crippen MR) is 92.3 cm³/mol. The van der Waals surface area contributed by atoms with Gasteiger partial charge in [0.15, 0.2) is 5.82 Å². The first-order valence-electron chi connectivity index (χ1n) is 8.55. The van der Waals surface area contributed by atoms with Gasteiger partial charge in [0, 0.05) is 25.0 Å². The van der Waals surface area contributed by atoms with Gasteiger partial charge in [0.2, 0.25) is 5.89 Å². The molecule has 1 N–H and O–H groups in total. The number of benzene rings is 1. The van der Waals surface area contributed by atoms with Gasteiger partial charge in [-0.3, -0.25) is 9.69 Å². The summed E-state index contributed by atoms with van der Waals surface area (Å²) in [6, 6.07) is 6.89. The van der Waals surface area contributed by atoms with Gasteiger partial charge in [-0.05, 0) is 25.6 Å². The Morgan fingerprint density at radius 3 is 2.88 bits per heavy atom. The summed E-state index contributed by atoms with van der Waals surface area (Å²) in [7, 11) is 2.00. The molecule has 3 rings (SSSR count).